The first kappa shape index (κ1) is 64.7. The topological polar surface area (TPSA) is 29.5 Å². The van der Waals surface area contributed by atoms with Crippen LogP contribution in [0.25, 0.3) is 0 Å². The largest absolute Gasteiger partial charge is 0.494 e. The van der Waals surface area contributed by atoms with Gasteiger partial charge in [0.1, 0.15) is 11.9 Å². The molecule has 396 valence electrons. The van der Waals surface area contributed by atoms with E-state index in [2.05, 4.69) is 139 Å². The zero-order valence-corrected chi connectivity index (χ0v) is 47.5. The molecule has 1 heterocycles. The molecule has 69 heavy (non-hydrogen) atoms. The first-order valence-corrected chi connectivity index (χ1v) is 29.8. The van der Waals surface area contributed by atoms with Gasteiger partial charge in [0, 0.05) is 37.3 Å². The Bertz CT molecular complexity index is 1450. The fourth-order valence-electron chi connectivity index (χ4n) is 9.92. The minimum atomic E-state index is -0.0316. The van der Waals surface area contributed by atoms with Crippen molar-refractivity contribution in [2.24, 2.45) is 23.2 Å². The standard InChI is InChI=1S/C61H103NO2S.C4H10/c1-8-11-14-16-18-20-22-24-25-27-29-31-33-35-38-40-58(63)51-56(44-42-53(4)39-37-34-32-30-28-26-23-21-19-17-15-12-9-2)45-43-54(5)50-57-46-47-60(59(57)41-36-13-10-3)64-55(6)61(7)48-49-62(65)52-61;1-3-4-2/h13,15,17-18,20-21,23-25,36,56-57,59-60,65H,4-6,8-12,14,16,19,22,26-35,37-52H2,1-3,7H3;3-4H2,1-2H3/b17-15-,20-18-,23-21-,25-24-,36-13-;. The van der Waals surface area contributed by atoms with Crippen molar-refractivity contribution in [3.8, 4) is 0 Å². The first-order chi connectivity index (χ1) is 33.5. The van der Waals surface area contributed by atoms with Gasteiger partial charge < -0.3 is 4.74 Å². The van der Waals surface area contributed by atoms with Gasteiger partial charge in [0.2, 0.25) is 0 Å². The van der Waals surface area contributed by atoms with E-state index in [1.807, 2.05) is 0 Å². The summed E-state index contributed by atoms with van der Waals surface area (Å²) in [5.41, 5.74) is 2.71. The monoisotopic (exact) mass is 972 g/mol. The van der Waals surface area contributed by atoms with Crippen molar-refractivity contribution in [2.75, 3.05) is 13.1 Å². The van der Waals surface area contributed by atoms with Crippen molar-refractivity contribution in [3.05, 3.63) is 97.4 Å². The second-order valence-electron chi connectivity index (χ2n) is 21.5. The van der Waals surface area contributed by atoms with Crippen molar-refractivity contribution in [1.29, 1.82) is 0 Å². The Labute approximate surface area is 436 Å². The summed E-state index contributed by atoms with van der Waals surface area (Å²) in [6, 6.07) is 0. The van der Waals surface area contributed by atoms with Gasteiger partial charge in [-0.2, -0.15) is 0 Å². The van der Waals surface area contributed by atoms with Gasteiger partial charge in [0.15, 0.2) is 0 Å². The van der Waals surface area contributed by atoms with Crippen LogP contribution in [0.1, 0.15) is 266 Å². The van der Waals surface area contributed by atoms with Crippen LogP contribution in [0.5, 0.6) is 0 Å². The number of ether oxygens (including phenoxy) is 1. The van der Waals surface area contributed by atoms with E-state index in [1.54, 1.807) is 0 Å². The van der Waals surface area contributed by atoms with E-state index >= 15 is 0 Å². The molecule has 0 bridgehead atoms. The minimum absolute atomic E-state index is 0.0316. The maximum atomic E-state index is 13.5. The average molecular weight is 973 g/mol. The number of hydrogen-bond acceptors (Lipinski definition) is 4. The van der Waals surface area contributed by atoms with Gasteiger partial charge in [0.25, 0.3) is 0 Å². The highest BCUT2D eigenvalue weighted by atomic mass is 32.1. The predicted octanol–water partition coefficient (Wildman–Crippen LogP) is 21.1. The molecule has 2 aliphatic rings. The number of Topliss-reactive ketones (excluding diaryl/α,β-unsaturated/α-hetero) is 1. The lowest BCUT2D eigenvalue weighted by Crippen LogP contribution is -2.29. The molecule has 0 radical (unpaired) electrons. The lowest BCUT2D eigenvalue weighted by molar-refractivity contribution is -0.120. The third-order valence-corrected chi connectivity index (χ3v) is 15.2. The summed E-state index contributed by atoms with van der Waals surface area (Å²) >= 11 is 4.63. The number of carbonyl (C=O) groups excluding carboxylic acids is 1. The molecule has 0 amide bonds. The Kier molecular flexibility index (Phi) is 41.6. The Morgan fingerprint density at radius 1 is 0.623 bits per heavy atom. The fourth-order valence-corrected chi connectivity index (χ4v) is 10.3. The number of nitrogens with zero attached hydrogens (tertiary/aromatic N) is 1. The van der Waals surface area contributed by atoms with Gasteiger partial charge in [0.05, 0.1) is 5.76 Å². The average Bonchev–Trinajstić information content (AvgIpc) is 3.90. The normalized spacial score (nSPS) is 20.2. The summed E-state index contributed by atoms with van der Waals surface area (Å²) in [4.78, 5) is 13.5. The maximum absolute atomic E-state index is 13.5. The summed E-state index contributed by atoms with van der Waals surface area (Å²) in [6.45, 7) is 28.9. The van der Waals surface area contributed by atoms with E-state index < -0.39 is 0 Å². The molecule has 5 unspecified atom stereocenters. The fraction of sp³-hybridized carbons (Fsp3) is 0.738. The zero-order chi connectivity index (χ0) is 50.6. The van der Waals surface area contributed by atoms with Crippen LogP contribution < -0.4 is 0 Å². The Hall–Kier alpha value is -2.30. The number of allylic oxidation sites excluding steroid dienone is 12. The van der Waals surface area contributed by atoms with Crippen molar-refractivity contribution < 1.29 is 9.53 Å². The Morgan fingerprint density at radius 2 is 1.17 bits per heavy atom. The Morgan fingerprint density at radius 3 is 1.72 bits per heavy atom. The van der Waals surface area contributed by atoms with E-state index in [-0.39, 0.29) is 11.5 Å². The van der Waals surface area contributed by atoms with Crippen LogP contribution in [0.4, 0.5) is 0 Å². The lowest BCUT2D eigenvalue weighted by atomic mass is 9.83. The maximum Gasteiger partial charge on any atom is 0.133 e. The molecule has 1 aliphatic carbocycles. The molecule has 5 atom stereocenters. The molecule has 1 saturated heterocycles. The number of unbranched alkanes of at least 4 members (excludes halogenated alkanes) is 15. The van der Waals surface area contributed by atoms with Crippen molar-refractivity contribution in [2.45, 2.75) is 272 Å². The number of thiol groups is 1. The Balaban J connectivity index is 0.00000571. The first-order valence-electron chi connectivity index (χ1n) is 29.4. The second-order valence-corrected chi connectivity index (χ2v) is 22.1. The van der Waals surface area contributed by atoms with Gasteiger partial charge in [-0.1, -0.05) is 217 Å². The summed E-state index contributed by atoms with van der Waals surface area (Å²) in [5, 5.41) is 0. The predicted molar refractivity (Wildman–Crippen MR) is 312 cm³/mol. The van der Waals surface area contributed by atoms with Gasteiger partial charge in [-0.3, -0.25) is 9.10 Å². The molecule has 0 aromatic rings. The third-order valence-electron chi connectivity index (χ3n) is 14.9. The smallest absolute Gasteiger partial charge is 0.133 e. The van der Waals surface area contributed by atoms with Crippen LogP contribution in [-0.2, 0) is 9.53 Å². The molecule has 2 rings (SSSR count). The molecule has 1 aliphatic heterocycles. The van der Waals surface area contributed by atoms with Gasteiger partial charge in [-0.15, -0.1) is 0 Å². The molecule has 4 heteroatoms. The van der Waals surface area contributed by atoms with Gasteiger partial charge >= 0.3 is 0 Å². The van der Waals surface area contributed by atoms with E-state index in [4.69, 9.17) is 4.74 Å². The highest BCUT2D eigenvalue weighted by Crippen LogP contribution is 2.45. The second kappa shape index (κ2) is 44.4. The highest BCUT2D eigenvalue weighted by Gasteiger charge is 2.42. The lowest BCUT2D eigenvalue weighted by Gasteiger charge is -2.32. The molecular formula is C65H113NO2S. The van der Waals surface area contributed by atoms with Crippen LogP contribution in [-0.4, -0.2) is 29.3 Å². The molecule has 1 saturated carbocycles. The third kappa shape index (κ3) is 34.7. The molecule has 0 N–H and O–H groups in total. The highest BCUT2D eigenvalue weighted by molar-refractivity contribution is 7.77. The van der Waals surface area contributed by atoms with Crippen molar-refractivity contribution in [3.63, 3.8) is 0 Å². The van der Waals surface area contributed by atoms with Crippen molar-refractivity contribution in [1.82, 2.24) is 4.31 Å². The van der Waals surface area contributed by atoms with Crippen LogP contribution in [0.3, 0.4) is 0 Å². The SMILES string of the molecule is C=C(CCCCCCC/C=C\C/C=C\CCC)CCC(CCC(=C)CC1CCC(OC(=C)C2(C)CCN(S)C2)C1C/C=C\CC)CC(=O)CCCCCCC/C=C\C/C=C\CCCCC.CCCC. The zero-order valence-electron chi connectivity index (χ0n) is 46.6. The van der Waals surface area contributed by atoms with Gasteiger partial charge in [-0.05, 0) is 153 Å². The van der Waals surface area contributed by atoms with E-state index in [9.17, 15) is 4.79 Å². The summed E-state index contributed by atoms with van der Waals surface area (Å²) < 4.78 is 8.90. The molecule has 0 aromatic heterocycles. The quantitative estimate of drug-likeness (QED) is 0.0286. The minimum Gasteiger partial charge on any atom is -0.494 e. The van der Waals surface area contributed by atoms with Crippen LogP contribution in [0, 0.1) is 23.2 Å². The number of carbonyl (C=O) groups is 1. The molecular weight excluding hydrogens is 859 g/mol. The summed E-state index contributed by atoms with van der Waals surface area (Å²) in [7, 11) is 0. The van der Waals surface area contributed by atoms with Gasteiger partial charge in [-0.25, -0.2) is 0 Å². The summed E-state index contributed by atoms with van der Waals surface area (Å²) in [5.74, 6) is 2.88. The van der Waals surface area contributed by atoms with Crippen LogP contribution in [0.2, 0.25) is 0 Å². The molecule has 0 spiro atoms. The number of hydrogen-bond donors (Lipinski definition) is 1. The summed E-state index contributed by atoms with van der Waals surface area (Å²) in [6.07, 6.45) is 64.0. The van der Waals surface area contributed by atoms with Crippen LogP contribution >= 0.6 is 12.8 Å². The van der Waals surface area contributed by atoms with E-state index in [0.717, 1.165) is 115 Å². The molecule has 0 aromatic carbocycles. The number of rotatable bonds is 43. The number of ketones is 1. The van der Waals surface area contributed by atoms with E-state index in [0.29, 0.717) is 23.5 Å². The van der Waals surface area contributed by atoms with E-state index in [1.165, 1.54) is 140 Å². The van der Waals surface area contributed by atoms with Crippen LogP contribution in [0.15, 0.2) is 97.4 Å². The molecule has 2 fully saturated rings. The molecule has 3 nitrogen and oxygen atoms in total. The van der Waals surface area contributed by atoms with Crippen molar-refractivity contribution >= 4 is 18.6 Å².